The highest BCUT2D eigenvalue weighted by Crippen LogP contribution is 2.00. The predicted octanol–water partition coefficient (Wildman–Crippen LogP) is 2.89. The zero-order chi connectivity index (χ0) is 7.82. The van der Waals surface area contributed by atoms with Gasteiger partial charge in [0.25, 0.3) is 0 Å². The van der Waals surface area contributed by atoms with Gasteiger partial charge >= 0.3 is 0 Å². The lowest BCUT2D eigenvalue weighted by Crippen LogP contribution is -2.02. The fourth-order valence-electron chi connectivity index (χ4n) is 0.689. The van der Waals surface area contributed by atoms with Crippen molar-refractivity contribution < 1.29 is 4.74 Å². The molecule has 0 aromatic carbocycles. The lowest BCUT2D eigenvalue weighted by molar-refractivity contribution is 0.184. The third-order valence-electron chi connectivity index (χ3n) is 1.26. The smallest absolute Gasteiger partial charge is 0.116 e. The third-order valence-corrected chi connectivity index (χ3v) is 1.26. The highest BCUT2D eigenvalue weighted by molar-refractivity contribution is 4.88. The minimum Gasteiger partial charge on any atom is -0.495 e. The molecular formula is C9H16O. The fraction of sp³-hybridized carbons (Fsp3) is 0.556. The van der Waals surface area contributed by atoms with Crippen molar-refractivity contribution in [1.29, 1.82) is 0 Å². The quantitative estimate of drug-likeness (QED) is 0.421. The summed E-state index contributed by atoms with van der Waals surface area (Å²) in [4.78, 5) is 0. The van der Waals surface area contributed by atoms with Crippen LogP contribution >= 0.6 is 0 Å². The molecule has 1 heteroatoms. The first-order valence-corrected chi connectivity index (χ1v) is 3.78. The largest absolute Gasteiger partial charge is 0.495 e. The van der Waals surface area contributed by atoms with Crippen molar-refractivity contribution in [3.05, 3.63) is 25.0 Å². The summed E-state index contributed by atoms with van der Waals surface area (Å²) in [6, 6.07) is 0. The second-order valence-corrected chi connectivity index (χ2v) is 2.09. The van der Waals surface area contributed by atoms with E-state index in [1.807, 2.05) is 0 Å². The van der Waals surface area contributed by atoms with E-state index in [4.69, 9.17) is 4.74 Å². The van der Waals surface area contributed by atoms with E-state index in [2.05, 4.69) is 32.6 Å². The minimum atomic E-state index is 0.220. The molecule has 0 N–H and O–H groups in total. The second-order valence-electron chi connectivity index (χ2n) is 2.09. The van der Waals surface area contributed by atoms with Gasteiger partial charge < -0.3 is 4.74 Å². The van der Waals surface area contributed by atoms with Crippen molar-refractivity contribution in [3.63, 3.8) is 0 Å². The number of hydrogen-bond acceptors (Lipinski definition) is 1. The molecule has 0 radical (unpaired) electrons. The predicted molar refractivity (Wildman–Crippen MR) is 44.8 cm³/mol. The lowest BCUT2D eigenvalue weighted by Gasteiger charge is -2.07. The number of allylic oxidation sites excluding steroid dienone is 1. The van der Waals surface area contributed by atoms with Gasteiger partial charge in [-0.3, -0.25) is 0 Å². The molecule has 0 fully saturated rings. The summed E-state index contributed by atoms with van der Waals surface area (Å²) < 4.78 is 5.17. The molecule has 0 saturated heterocycles. The van der Waals surface area contributed by atoms with Gasteiger partial charge in [0.15, 0.2) is 0 Å². The van der Waals surface area contributed by atoms with Gasteiger partial charge in [0.2, 0.25) is 0 Å². The van der Waals surface area contributed by atoms with Crippen molar-refractivity contribution in [1.82, 2.24) is 0 Å². The number of ether oxygens (including phenoxy) is 1. The van der Waals surface area contributed by atoms with Crippen LogP contribution in [0.5, 0.6) is 0 Å². The fourth-order valence-corrected chi connectivity index (χ4v) is 0.689. The molecule has 10 heavy (non-hydrogen) atoms. The second kappa shape index (κ2) is 6.40. The van der Waals surface area contributed by atoms with Gasteiger partial charge in [0.05, 0.1) is 6.26 Å². The topological polar surface area (TPSA) is 9.23 Å². The van der Waals surface area contributed by atoms with Gasteiger partial charge in [-0.2, -0.15) is 0 Å². The van der Waals surface area contributed by atoms with Crippen LogP contribution < -0.4 is 0 Å². The van der Waals surface area contributed by atoms with Crippen molar-refractivity contribution in [3.8, 4) is 0 Å². The molecule has 0 saturated carbocycles. The molecule has 58 valence electrons. The van der Waals surface area contributed by atoms with Crippen LogP contribution in [0.4, 0.5) is 0 Å². The Morgan fingerprint density at radius 3 is 2.60 bits per heavy atom. The highest BCUT2D eigenvalue weighted by atomic mass is 16.5. The minimum absolute atomic E-state index is 0.220. The highest BCUT2D eigenvalue weighted by Gasteiger charge is 1.96. The monoisotopic (exact) mass is 140 g/mol. The summed E-state index contributed by atoms with van der Waals surface area (Å²) in [5.74, 6) is 0. The Morgan fingerprint density at radius 1 is 1.50 bits per heavy atom. The Morgan fingerprint density at radius 2 is 2.20 bits per heavy atom. The van der Waals surface area contributed by atoms with Crippen LogP contribution in [0.2, 0.25) is 0 Å². The molecule has 0 amide bonds. The lowest BCUT2D eigenvalue weighted by atomic mass is 10.2. The summed E-state index contributed by atoms with van der Waals surface area (Å²) in [6.45, 7) is 7.70. The Kier molecular flexibility index (Phi) is 5.94. The van der Waals surface area contributed by atoms with Crippen LogP contribution in [0.25, 0.3) is 0 Å². The van der Waals surface area contributed by atoms with E-state index in [0.29, 0.717) is 0 Å². The van der Waals surface area contributed by atoms with E-state index in [-0.39, 0.29) is 6.10 Å². The van der Waals surface area contributed by atoms with Gasteiger partial charge in [-0.1, -0.05) is 26.5 Å². The van der Waals surface area contributed by atoms with Crippen LogP contribution in [-0.2, 0) is 4.74 Å². The summed E-state index contributed by atoms with van der Waals surface area (Å²) in [7, 11) is 0. The first kappa shape index (κ1) is 9.28. The maximum atomic E-state index is 5.17. The molecule has 0 aliphatic heterocycles. The molecule has 0 aliphatic carbocycles. The van der Waals surface area contributed by atoms with Gasteiger partial charge in [-0.05, 0) is 18.9 Å². The van der Waals surface area contributed by atoms with Crippen LogP contribution in [-0.4, -0.2) is 6.10 Å². The molecule has 0 rings (SSSR count). The number of hydrogen-bond donors (Lipinski definition) is 0. The summed E-state index contributed by atoms with van der Waals surface area (Å²) >= 11 is 0. The first-order chi connectivity index (χ1) is 4.85. The van der Waals surface area contributed by atoms with Crippen molar-refractivity contribution in [2.45, 2.75) is 32.8 Å². The summed E-state index contributed by atoms with van der Waals surface area (Å²) in [5, 5.41) is 0. The summed E-state index contributed by atoms with van der Waals surface area (Å²) in [6.07, 6.45) is 7.96. The van der Waals surface area contributed by atoms with E-state index >= 15 is 0 Å². The summed E-state index contributed by atoms with van der Waals surface area (Å²) in [5.41, 5.74) is 0. The van der Waals surface area contributed by atoms with Crippen molar-refractivity contribution in [2.24, 2.45) is 0 Å². The molecule has 0 aromatic rings. The molecule has 0 heterocycles. The van der Waals surface area contributed by atoms with Gasteiger partial charge in [0.1, 0.15) is 6.10 Å². The Hall–Kier alpha value is -0.720. The normalized spacial score (nSPS) is 13.4. The zero-order valence-electron chi connectivity index (χ0n) is 6.84. The van der Waals surface area contributed by atoms with E-state index in [9.17, 15) is 0 Å². The van der Waals surface area contributed by atoms with E-state index in [0.717, 1.165) is 12.8 Å². The maximum absolute atomic E-state index is 5.17. The molecule has 1 atom stereocenters. The van der Waals surface area contributed by atoms with E-state index < -0.39 is 0 Å². The first-order valence-electron chi connectivity index (χ1n) is 3.78. The average molecular weight is 140 g/mol. The maximum Gasteiger partial charge on any atom is 0.116 e. The third kappa shape index (κ3) is 4.19. The molecule has 0 aromatic heterocycles. The molecular weight excluding hydrogens is 124 g/mol. The van der Waals surface area contributed by atoms with Crippen molar-refractivity contribution >= 4 is 0 Å². The van der Waals surface area contributed by atoms with Crippen LogP contribution in [0.1, 0.15) is 26.7 Å². The number of rotatable bonds is 5. The standard InChI is InChI=1S/C9H16O/c1-4-7-8-9(5-2)10-6-3/h6-9H,3-5H2,1-2H3/b8-7+/t9-/m1/s1. The van der Waals surface area contributed by atoms with E-state index in [1.165, 1.54) is 6.26 Å². The van der Waals surface area contributed by atoms with Crippen LogP contribution in [0, 0.1) is 0 Å². The zero-order valence-corrected chi connectivity index (χ0v) is 6.84. The van der Waals surface area contributed by atoms with Gasteiger partial charge in [-0.15, -0.1) is 0 Å². The Bertz CT molecular complexity index is 105. The molecule has 0 spiro atoms. The molecule has 1 nitrogen and oxygen atoms in total. The van der Waals surface area contributed by atoms with Crippen molar-refractivity contribution in [2.75, 3.05) is 0 Å². The van der Waals surface area contributed by atoms with Crippen LogP contribution in [0.15, 0.2) is 25.0 Å². The Balaban J connectivity index is 3.58. The molecule has 0 bridgehead atoms. The van der Waals surface area contributed by atoms with Gasteiger partial charge in [0, 0.05) is 0 Å². The Labute approximate surface area is 63.4 Å². The van der Waals surface area contributed by atoms with E-state index in [1.54, 1.807) is 0 Å². The van der Waals surface area contributed by atoms with Gasteiger partial charge in [-0.25, -0.2) is 0 Å². The van der Waals surface area contributed by atoms with Crippen LogP contribution in [0.3, 0.4) is 0 Å². The molecule has 0 unspecified atom stereocenters. The average Bonchev–Trinajstić information content (AvgIpc) is 1.98. The molecule has 0 aliphatic rings. The SMILES string of the molecule is C=CO[C@@H](/C=C/CC)CC.